The van der Waals surface area contributed by atoms with Crippen molar-refractivity contribution in [3.8, 4) is 23.1 Å². The van der Waals surface area contributed by atoms with Crippen LogP contribution < -0.4 is 14.2 Å². The molecule has 0 aliphatic carbocycles. The van der Waals surface area contributed by atoms with Gasteiger partial charge in [-0.05, 0) is 44.2 Å². The third-order valence-corrected chi connectivity index (χ3v) is 5.38. The van der Waals surface area contributed by atoms with Crippen molar-refractivity contribution in [1.29, 1.82) is 0 Å². The van der Waals surface area contributed by atoms with Crippen molar-refractivity contribution >= 4 is 17.0 Å². The van der Waals surface area contributed by atoms with Crippen LogP contribution in [0.5, 0.6) is 23.1 Å². The Hall–Kier alpha value is -4.07. The molecule has 0 saturated heterocycles. The number of pyridine rings is 1. The summed E-state index contributed by atoms with van der Waals surface area (Å²) < 4.78 is 24.1. The molecular formula is C25H25N3O5. The molecule has 0 amide bonds. The van der Waals surface area contributed by atoms with Crippen molar-refractivity contribution in [1.82, 2.24) is 14.5 Å². The number of ether oxygens (including phenoxy) is 4. The first-order chi connectivity index (χ1) is 15.9. The maximum absolute atomic E-state index is 11.7. The van der Waals surface area contributed by atoms with Crippen LogP contribution in [-0.4, -0.2) is 34.7 Å². The number of nitrogens with zero attached hydrogens (tertiary/aromatic N) is 3. The lowest BCUT2D eigenvalue weighted by molar-refractivity contribution is 0.0600. The number of fused-ring (bicyclic) bond motifs is 1. The van der Waals surface area contributed by atoms with Gasteiger partial charge in [-0.1, -0.05) is 6.07 Å². The standard InChI is InChI=1S/C25H25N3O5/c1-15-13-26-24(16(2)23(15)30-4)33-19-9-10-21-20(12-19)27-22(28(21)3)14-32-18-8-6-7-17(11-18)25(29)31-5/h6-13H,14H2,1-5H3. The van der Waals surface area contributed by atoms with E-state index in [4.69, 9.17) is 23.9 Å². The fraction of sp³-hybridized carbons (Fsp3) is 0.240. The lowest BCUT2D eigenvalue weighted by Gasteiger charge is -2.12. The molecule has 0 aliphatic rings. The topological polar surface area (TPSA) is 84.7 Å². The van der Waals surface area contributed by atoms with Crippen molar-refractivity contribution in [2.75, 3.05) is 14.2 Å². The van der Waals surface area contributed by atoms with E-state index in [9.17, 15) is 4.79 Å². The number of carbonyl (C=O) groups excluding carboxylic acids is 1. The first-order valence-electron chi connectivity index (χ1n) is 10.4. The van der Waals surface area contributed by atoms with Gasteiger partial charge in [-0.3, -0.25) is 0 Å². The number of aryl methyl sites for hydroxylation is 2. The van der Waals surface area contributed by atoms with Gasteiger partial charge >= 0.3 is 5.97 Å². The minimum Gasteiger partial charge on any atom is -0.496 e. The Bertz CT molecular complexity index is 1330. The van der Waals surface area contributed by atoms with Crippen LogP contribution in [0.25, 0.3) is 11.0 Å². The number of hydrogen-bond acceptors (Lipinski definition) is 7. The van der Waals surface area contributed by atoms with Crippen LogP contribution in [0.15, 0.2) is 48.7 Å². The van der Waals surface area contributed by atoms with Crippen molar-refractivity contribution in [2.45, 2.75) is 20.5 Å². The lowest BCUT2D eigenvalue weighted by atomic mass is 10.2. The lowest BCUT2D eigenvalue weighted by Crippen LogP contribution is -2.05. The highest BCUT2D eigenvalue weighted by Crippen LogP contribution is 2.32. The van der Waals surface area contributed by atoms with Gasteiger partial charge in [0.05, 0.1) is 36.4 Å². The summed E-state index contributed by atoms with van der Waals surface area (Å²) in [6, 6.07) is 12.5. The number of hydrogen-bond donors (Lipinski definition) is 0. The molecule has 4 aromatic rings. The summed E-state index contributed by atoms with van der Waals surface area (Å²) in [5, 5.41) is 0. The summed E-state index contributed by atoms with van der Waals surface area (Å²) in [5.74, 6) is 2.75. The number of carbonyl (C=O) groups is 1. The van der Waals surface area contributed by atoms with Crippen molar-refractivity contribution in [3.05, 3.63) is 71.2 Å². The second-order valence-corrected chi connectivity index (χ2v) is 7.55. The molecule has 0 bridgehead atoms. The average Bonchev–Trinajstić information content (AvgIpc) is 3.14. The molecule has 0 N–H and O–H groups in total. The fourth-order valence-corrected chi connectivity index (χ4v) is 3.63. The Morgan fingerprint density at radius 3 is 2.64 bits per heavy atom. The van der Waals surface area contributed by atoms with E-state index in [1.807, 2.05) is 43.7 Å². The van der Waals surface area contributed by atoms with Crippen molar-refractivity contribution in [3.63, 3.8) is 0 Å². The van der Waals surface area contributed by atoms with Crippen molar-refractivity contribution in [2.24, 2.45) is 7.05 Å². The summed E-state index contributed by atoms with van der Waals surface area (Å²) in [6.45, 7) is 4.10. The molecule has 0 radical (unpaired) electrons. The quantitative estimate of drug-likeness (QED) is 0.378. The predicted octanol–water partition coefficient (Wildman–Crippen LogP) is 4.75. The smallest absolute Gasteiger partial charge is 0.337 e. The molecule has 4 rings (SSSR count). The van der Waals surface area contributed by atoms with Crippen LogP contribution in [0.2, 0.25) is 0 Å². The van der Waals surface area contributed by atoms with Crippen LogP contribution in [0.1, 0.15) is 27.3 Å². The molecule has 170 valence electrons. The second-order valence-electron chi connectivity index (χ2n) is 7.55. The van der Waals surface area contributed by atoms with Gasteiger partial charge in [0.15, 0.2) is 0 Å². The SMILES string of the molecule is COC(=O)c1cccc(OCc2nc3cc(Oc4ncc(C)c(OC)c4C)ccc3n2C)c1. The van der Waals surface area contributed by atoms with E-state index >= 15 is 0 Å². The van der Waals surface area contributed by atoms with E-state index in [0.717, 1.165) is 33.7 Å². The summed E-state index contributed by atoms with van der Waals surface area (Å²) in [4.78, 5) is 20.8. The molecule has 0 fully saturated rings. The van der Waals surface area contributed by atoms with Gasteiger partial charge in [0.2, 0.25) is 5.88 Å². The van der Waals surface area contributed by atoms with Gasteiger partial charge in [0.1, 0.15) is 29.7 Å². The average molecular weight is 447 g/mol. The molecule has 2 heterocycles. The molecule has 0 spiro atoms. The van der Waals surface area contributed by atoms with E-state index in [1.165, 1.54) is 7.11 Å². The highest BCUT2D eigenvalue weighted by atomic mass is 16.5. The van der Waals surface area contributed by atoms with Crippen LogP contribution in [-0.2, 0) is 18.4 Å². The molecule has 0 saturated carbocycles. The van der Waals surface area contributed by atoms with Gasteiger partial charge < -0.3 is 23.5 Å². The maximum Gasteiger partial charge on any atom is 0.337 e. The van der Waals surface area contributed by atoms with Gasteiger partial charge in [-0.15, -0.1) is 0 Å². The Labute approximate surface area is 191 Å². The van der Waals surface area contributed by atoms with Gasteiger partial charge in [-0.2, -0.15) is 0 Å². The highest BCUT2D eigenvalue weighted by molar-refractivity contribution is 5.89. The zero-order chi connectivity index (χ0) is 23.5. The fourth-order valence-electron chi connectivity index (χ4n) is 3.63. The zero-order valence-electron chi connectivity index (χ0n) is 19.2. The number of benzene rings is 2. The largest absolute Gasteiger partial charge is 0.496 e. The summed E-state index contributed by atoms with van der Waals surface area (Å²) in [5.41, 5.74) is 3.92. The summed E-state index contributed by atoms with van der Waals surface area (Å²) in [6.07, 6.45) is 1.73. The van der Waals surface area contributed by atoms with Crippen LogP contribution in [0, 0.1) is 13.8 Å². The highest BCUT2D eigenvalue weighted by Gasteiger charge is 2.14. The minimum absolute atomic E-state index is 0.238. The first-order valence-corrected chi connectivity index (χ1v) is 10.4. The van der Waals surface area contributed by atoms with E-state index < -0.39 is 5.97 Å². The van der Waals surface area contributed by atoms with E-state index in [0.29, 0.717) is 22.9 Å². The third kappa shape index (κ3) is 4.45. The molecule has 33 heavy (non-hydrogen) atoms. The number of rotatable bonds is 7. The monoisotopic (exact) mass is 447 g/mol. The molecule has 0 unspecified atom stereocenters. The second kappa shape index (κ2) is 9.20. The Balaban J connectivity index is 1.54. The third-order valence-electron chi connectivity index (χ3n) is 5.38. The molecule has 2 aromatic carbocycles. The molecule has 0 atom stereocenters. The zero-order valence-corrected chi connectivity index (χ0v) is 19.2. The van der Waals surface area contributed by atoms with Crippen LogP contribution >= 0.6 is 0 Å². The molecule has 2 aromatic heterocycles. The molecular weight excluding hydrogens is 422 g/mol. The van der Waals surface area contributed by atoms with Crippen LogP contribution in [0.4, 0.5) is 0 Å². The number of esters is 1. The van der Waals surface area contributed by atoms with Gasteiger partial charge in [0, 0.05) is 24.9 Å². The Kier molecular flexibility index (Phi) is 6.17. The minimum atomic E-state index is -0.411. The van der Waals surface area contributed by atoms with Crippen LogP contribution in [0.3, 0.4) is 0 Å². The Morgan fingerprint density at radius 2 is 1.88 bits per heavy atom. The van der Waals surface area contributed by atoms with Gasteiger partial charge in [-0.25, -0.2) is 14.8 Å². The summed E-state index contributed by atoms with van der Waals surface area (Å²) in [7, 11) is 4.91. The first kappa shape index (κ1) is 22.1. The van der Waals surface area contributed by atoms with E-state index in [-0.39, 0.29) is 6.61 Å². The number of imidazole rings is 1. The Morgan fingerprint density at radius 1 is 1.06 bits per heavy atom. The van der Waals surface area contributed by atoms with E-state index in [1.54, 1.807) is 37.6 Å². The molecule has 0 aliphatic heterocycles. The summed E-state index contributed by atoms with van der Waals surface area (Å²) >= 11 is 0. The van der Waals surface area contributed by atoms with E-state index in [2.05, 4.69) is 4.98 Å². The molecule has 8 heteroatoms. The number of methoxy groups -OCH3 is 2. The van der Waals surface area contributed by atoms with Gasteiger partial charge in [0.25, 0.3) is 0 Å². The molecule has 8 nitrogen and oxygen atoms in total. The normalized spacial score (nSPS) is 10.8. The number of aromatic nitrogens is 3. The maximum atomic E-state index is 11.7. The van der Waals surface area contributed by atoms with Crippen molar-refractivity contribution < 1.29 is 23.7 Å². The predicted molar refractivity (Wildman–Crippen MR) is 123 cm³/mol.